The van der Waals surface area contributed by atoms with Crippen LogP contribution in [0.15, 0.2) is 24.5 Å². The van der Waals surface area contributed by atoms with E-state index in [1.54, 1.807) is 6.20 Å². The fourth-order valence-electron chi connectivity index (χ4n) is 2.46. The molecule has 1 fully saturated rings. The molecule has 1 saturated heterocycles. The van der Waals surface area contributed by atoms with Gasteiger partial charge in [0.25, 0.3) is 0 Å². The Kier molecular flexibility index (Phi) is 2.23. The molecule has 0 aromatic carbocycles. The summed E-state index contributed by atoms with van der Waals surface area (Å²) in [5, 5.41) is 12.3. The SMILES string of the molecule is N#Cc1cncc(C2=C[C@H]3NC[C@H]3CC2)c1. The first kappa shape index (κ1) is 9.56. The van der Waals surface area contributed by atoms with Gasteiger partial charge in [0, 0.05) is 25.0 Å². The molecule has 1 aromatic rings. The summed E-state index contributed by atoms with van der Waals surface area (Å²) in [6.07, 6.45) is 8.12. The van der Waals surface area contributed by atoms with Crippen LogP contribution in [0.4, 0.5) is 0 Å². The first-order valence-electron chi connectivity index (χ1n) is 5.66. The molecule has 1 aliphatic heterocycles. The molecule has 2 heterocycles. The van der Waals surface area contributed by atoms with Crippen molar-refractivity contribution in [3.8, 4) is 6.07 Å². The van der Waals surface area contributed by atoms with Gasteiger partial charge in [0.15, 0.2) is 0 Å². The second kappa shape index (κ2) is 3.73. The summed E-state index contributed by atoms with van der Waals surface area (Å²) in [7, 11) is 0. The number of fused-ring (bicyclic) bond motifs is 1. The van der Waals surface area contributed by atoms with Crippen LogP contribution in [0, 0.1) is 17.2 Å². The van der Waals surface area contributed by atoms with Crippen LogP contribution in [0.25, 0.3) is 5.57 Å². The lowest BCUT2D eigenvalue weighted by Gasteiger charge is -2.40. The van der Waals surface area contributed by atoms with Gasteiger partial charge in [-0.1, -0.05) is 6.08 Å². The van der Waals surface area contributed by atoms with Gasteiger partial charge in [0.2, 0.25) is 0 Å². The second-order valence-corrected chi connectivity index (χ2v) is 4.50. The van der Waals surface area contributed by atoms with Crippen LogP contribution in [0.1, 0.15) is 24.0 Å². The van der Waals surface area contributed by atoms with Gasteiger partial charge in [0.1, 0.15) is 6.07 Å². The molecular formula is C13H13N3. The summed E-state index contributed by atoms with van der Waals surface area (Å²) in [5.41, 5.74) is 3.08. The van der Waals surface area contributed by atoms with Crippen molar-refractivity contribution >= 4 is 5.57 Å². The molecule has 3 nitrogen and oxygen atoms in total. The van der Waals surface area contributed by atoms with Crippen LogP contribution in [0.5, 0.6) is 0 Å². The molecule has 2 aliphatic rings. The quantitative estimate of drug-likeness (QED) is 0.769. The molecule has 1 aromatic heterocycles. The fraction of sp³-hybridized carbons (Fsp3) is 0.385. The minimum atomic E-state index is 0.550. The monoisotopic (exact) mass is 211 g/mol. The number of rotatable bonds is 1. The fourth-order valence-corrected chi connectivity index (χ4v) is 2.46. The number of hydrogen-bond donors (Lipinski definition) is 1. The Labute approximate surface area is 94.8 Å². The van der Waals surface area contributed by atoms with E-state index in [0.717, 1.165) is 24.4 Å². The van der Waals surface area contributed by atoms with Crippen LogP contribution in [0.2, 0.25) is 0 Å². The van der Waals surface area contributed by atoms with Gasteiger partial charge in [0.05, 0.1) is 5.56 Å². The average molecular weight is 211 g/mol. The first-order valence-corrected chi connectivity index (χ1v) is 5.66. The molecule has 3 heteroatoms. The lowest BCUT2D eigenvalue weighted by atomic mass is 9.79. The summed E-state index contributed by atoms with van der Waals surface area (Å²) in [6, 6.07) is 4.61. The Bertz CT molecular complexity index is 484. The number of nitriles is 1. The molecule has 1 N–H and O–H groups in total. The van der Waals surface area contributed by atoms with Crippen LogP contribution in [-0.2, 0) is 0 Å². The van der Waals surface area contributed by atoms with Gasteiger partial charge >= 0.3 is 0 Å². The summed E-state index contributed by atoms with van der Waals surface area (Å²) >= 11 is 0. The molecule has 3 rings (SSSR count). The average Bonchev–Trinajstić information content (AvgIpc) is 2.31. The van der Waals surface area contributed by atoms with Gasteiger partial charge in [-0.25, -0.2) is 0 Å². The molecule has 0 spiro atoms. The molecule has 16 heavy (non-hydrogen) atoms. The topological polar surface area (TPSA) is 48.7 Å². The smallest absolute Gasteiger partial charge is 0.101 e. The van der Waals surface area contributed by atoms with E-state index in [-0.39, 0.29) is 0 Å². The predicted molar refractivity (Wildman–Crippen MR) is 61.4 cm³/mol. The van der Waals surface area contributed by atoms with E-state index in [0.29, 0.717) is 11.6 Å². The summed E-state index contributed by atoms with van der Waals surface area (Å²) in [5.74, 6) is 0.829. The predicted octanol–water partition coefficient (Wildman–Crippen LogP) is 1.72. The van der Waals surface area contributed by atoms with Crippen LogP contribution in [0.3, 0.4) is 0 Å². The molecule has 0 amide bonds. The molecule has 0 radical (unpaired) electrons. The number of aromatic nitrogens is 1. The molecule has 0 saturated carbocycles. The van der Waals surface area contributed by atoms with E-state index < -0.39 is 0 Å². The molecule has 2 atom stereocenters. The van der Waals surface area contributed by atoms with Crippen LogP contribution < -0.4 is 5.32 Å². The molecule has 0 unspecified atom stereocenters. The molecule has 1 aliphatic carbocycles. The van der Waals surface area contributed by atoms with Crippen molar-refractivity contribution in [2.75, 3.05) is 6.54 Å². The highest BCUT2D eigenvalue weighted by Gasteiger charge is 2.31. The van der Waals surface area contributed by atoms with Gasteiger partial charge < -0.3 is 5.32 Å². The van der Waals surface area contributed by atoms with Crippen molar-refractivity contribution in [2.24, 2.45) is 5.92 Å². The number of pyridine rings is 1. The maximum Gasteiger partial charge on any atom is 0.101 e. The van der Waals surface area contributed by atoms with E-state index in [1.807, 2.05) is 12.3 Å². The minimum Gasteiger partial charge on any atom is -0.310 e. The summed E-state index contributed by atoms with van der Waals surface area (Å²) in [4.78, 5) is 4.11. The first-order chi connectivity index (χ1) is 7.86. The zero-order chi connectivity index (χ0) is 11.0. The Morgan fingerprint density at radius 2 is 2.38 bits per heavy atom. The van der Waals surface area contributed by atoms with Gasteiger partial charge in [-0.2, -0.15) is 5.26 Å². The minimum absolute atomic E-state index is 0.550. The Morgan fingerprint density at radius 1 is 1.44 bits per heavy atom. The molecular weight excluding hydrogens is 198 g/mol. The normalized spacial score (nSPS) is 27.3. The van der Waals surface area contributed by atoms with Crippen molar-refractivity contribution in [1.29, 1.82) is 5.26 Å². The Balaban J connectivity index is 1.92. The van der Waals surface area contributed by atoms with Gasteiger partial charge in [-0.05, 0) is 36.0 Å². The largest absolute Gasteiger partial charge is 0.310 e. The van der Waals surface area contributed by atoms with Crippen molar-refractivity contribution in [3.63, 3.8) is 0 Å². The van der Waals surface area contributed by atoms with E-state index in [9.17, 15) is 0 Å². The van der Waals surface area contributed by atoms with E-state index in [1.165, 1.54) is 12.0 Å². The van der Waals surface area contributed by atoms with E-state index >= 15 is 0 Å². The third-order valence-electron chi connectivity index (χ3n) is 3.53. The maximum absolute atomic E-state index is 8.84. The Hall–Kier alpha value is -1.66. The highest BCUT2D eigenvalue weighted by molar-refractivity contribution is 5.67. The molecule has 0 bridgehead atoms. The van der Waals surface area contributed by atoms with Crippen LogP contribution >= 0.6 is 0 Å². The highest BCUT2D eigenvalue weighted by Crippen LogP contribution is 2.33. The second-order valence-electron chi connectivity index (χ2n) is 4.50. The number of allylic oxidation sites excluding steroid dienone is 1. The van der Waals surface area contributed by atoms with Crippen molar-refractivity contribution in [3.05, 3.63) is 35.7 Å². The van der Waals surface area contributed by atoms with Gasteiger partial charge in [-0.3, -0.25) is 4.98 Å². The maximum atomic E-state index is 8.84. The van der Waals surface area contributed by atoms with Crippen molar-refractivity contribution in [1.82, 2.24) is 10.3 Å². The van der Waals surface area contributed by atoms with E-state index in [4.69, 9.17) is 5.26 Å². The molecule has 80 valence electrons. The number of nitrogens with one attached hydrogen (secondary N) is 1. The zero-order valence-electron chi connectivity index (χ0n) is 8.98. The summed E-state index contributed by atoms with van der Waals surface area (Å²) in [6.45, 7) is 1.16. The van der Waals surface area contributed by atoms with Crippen molar-refractivity contribution in [2.45, 2.75) is 18.9 Å². The third kappa shape index (κ3) is 1.52. The summed E-state index contributed by atoms with van der Waals surface area (Å²) < 4.78 is 0. The van der Waals surface area contributed by atoms with Gasteiger partial charge in [-0.15, -0.1) is 0 Å². The lowest BCUT2D eigenvalue weighted by molar-refractivity contribution is 0.256. The third-order valence-corrected chi connectivity index (χ3v) is 3.53. The Morgan fingerprint density at radius 3 is 3.06 bits per heavy atom. The lowest BCUT2D eigenvalue weighted by Crippen LogP contribution is -2.52. The zero-order valence-corrected chi connectivity index (χ0v) is 8.98. The number of hydrogen-bond acceptors (Lipinski definition) is 3. The highest BCUT2D eigenvalue weighted by atomic mass is 15.0. The standard InChI is InChI=1S/C13H13N3/c14-5-9-3-12(7-15-6-9)10-1-2-11-8-16-13(11)4-10/h3-4,6-7,11,13,16H,1-2,8H2/t11-,13-/m1/s1. The van der Waals surface area contributed by atoms with Crippen molar-refractivity contribution < 1.29 is 0 Å². The number of nitrogens with zero attached hydrogens (tertiary/aromatic N) is 2. The van der Waals surface area contributed by atoms with Crippen LogP contribution in [-0.4, -0.2) is 17.6 Å². The van der Waals surface area contributed by atoms with E-state index in [2.05, 4.69) is 22.4 Å².